The van der Waals surface area contributed by atoms with Gasteiger partial charge in [0.15, 0.2) is 0 Å². The zero-order valence-electron chi connectivity index (χ0n) is 16.6. The van der Waals surface area contributed by atoms with Gasteiger partial charge in [-0.2, -0.15) is 0 Å². The van der Waals surface area contributed by atoms with E-state index in [1.165, 1.54) is 0 Å². The fourth-order valence-corrected chi connectivity index (χ4v) is 4.69. The van der Waals surface area contributed by atoms with Gasteiger partial charge in [-0.05, 0) is 54.9 Å². The van der Waals surface area contributed by atoms with Crippen molar-refractivity contribution in [3.05, 3.63) is 23.8 Å². The molecule has 0 bridgehead atoms. The molecule has 0 aromatic heterocycles. The summed E-state index contributed by atoms with van der Waals surface area (Å²) in [6.07, 6.45) is 7.05. The maximum absolute atomic E-state index is 12.7. The van der Waals surface area contributed by atoms with Crippen LogP contribution in [-0.4, -0.2) is 29.4 Å². The van der Waals surface area contributed by atoms with Gasteiger partial charge in [-0.1, -0.05) is 26.2 Å². The van der Waals surface area contributed by atoms with E-state index in [4.69, 9.17) is 0 Å². The highest BCUT2D eigenvalue weighted by Gasteiger charge is 2.36. The largest absolute Gasteiger partial charge is 0.481 e. The summed E-state index contributed by atoms with van der Waals surface area (Å²) in [5.74, 6) is -0.802. The van der Waals surface area contributed by atoms with Crippen molar-refractivity contribution in [2.45, 2.75) is 71.1 Å². The minimum atomic E-state index is -0.829. The van der Waals surface area contributed by atoms with Crippen LogP contribution in [0.1, 0.15) is 70.3 Å². The van der Waals surface area contributed by atoms with Gasteiger partial charge in [0, 0.05) is 30.8 Å². The zero-order chi connectivity index (χ0) is 20.1. The number of nitrogens with one attached hydrogen (secondary N) is 1. The Morgan fingerprint density at radius 1 is 1.14 bits per heavy atom. The van der Waals surface area contributed by atoms with E-state index in [1.807, 2.05) is 30.0 Å². The molecule has 152 valence electrons. The number of hydrogen-bond acceptors (Lipinski definition) is 3. The number of hydrogen-bond donors (Lipinski definition) is 2. The first-order valence-corrected chi connectivity index (χ1v) is 10.4. The Morgan fingerprint density at radius 3 is 2.57 bits per heavy atom. The first-order chi connectivity index (χ1) is 13.4. The molecule has 0 spiro atoms. The van der Waals surface area contributed by atoms with Gasteiger partial charge in [0.25, 0.3) is 0 Å². The molecule has 0 unspecified atom stereocenters. The predicted octanol–water partition coefficient (Wildman–Crippen LogP) is 4.13. The Bertz CT molecular complexity index is 753. The van der Waals surface area contributed by atoms with Crippen molar-refractivity contribution in [1.82, 2.24) is 0 Å². The second-order valence-electron chi connectivity index (χ2n) is 8.24. The number of aliphatic carboxylic acids is 1. The van der Waals surface area contributed by atoms with Gasteiger partial charge in [-0.15, -0.1) is 0 Å². The van der Waals surface area contributed by atoms with Crippen molar-refractivity contribution in [3.8, 4) is 0 Å². The third kappa shape index (κ3) is 4.72. The van der Waals surface area contributed by atoms with Crippen molar-refractivity contribution >= 4 is 29.2 Å². The van der Waals surface area contributed by atoms with Crippen LogP contribution in [0, 0.1) is 5.41 Å². The summed E-state index contributed by atoms with van der Waals surface area (Å²) in [6.45, 7) is 2.75. The number of aryl methyl sites for hydroxylation is 1. The normalized spacial score (nSPS) is 18.5. The molecule has 6 nitrogen and oxygen atoms in total. The predicted molar refractivity (Wildman–Crippen MR) is 108 cm³/mol. The number of carbonyl (C=O) groups excluding carboxylic acids is 2. The standard InChI is InChI=1S/C22H30N2O4/c1-2-12-24-18-8-7-17(13-16(18)6-9-20(24)26)23-19(25)14-22(15-21(27)28)10-4-3-5-11-22/h7-8,13H,2-6,9-12,14-15H2,1H3,(H,23,25)(H,27,28). The molecule has 3 rings (SSSR count). The summed E-state index contributed by atoms with van der Waals surface area (Å²) < 4.78 is 0. The van der Waals surface area contributed by atoms with Crippen molar-refractivity contribution in [2.24, 2.45) is 5.41 Å². The summed E-state index contributed by atoms with van der Waals surface area (Å²) in [4.78, 5) is 38.0. The number of carbonyl (C=O) groups is 3. The molecule has 28 heavy (non-hydrogen) atoms. The Balaban J connectivity index is 1.70. The van der Waals surface area contributed by atoms with Crippen LogP contribution in [0.4, 0.5) is 11.4 Å². The minimum absolute atomic E-state index is 0.0543. The van der Waals surface area contributed by atoms with Gasteiger partial charge >= 0.3 is 5.97 Å². The van der Waals surface area contributed by atoms with Crippen molar-refractivity contribution in [3.63, 3.8) is 0 Å². The maximum Gasteiger partial charge on any atom is 0.303 e. The van der Waals surface area contributed by atoms with Crippen molar-refractivity contribution in [2.75, 3.05) is 16.8 Å². The summed E-state index contributed by atoms with van der Waals surface area (Å²) in [6, 6.07) is 5.70. The number of anilines is 2. The van der Waals surface area contributed by atoms with E-state index >= 15 is 0 Å². The topological polar surface area (TPSA) is 86.7 Å². The van der Waals surface area contributed by atoms with E-state index in [2.05, 4.69) is 5.32 Å². The summed E-state index contributed by atoms with van der Waals surface area (Å²) in [5.41, 5.74) is 2.30. The van der Waals surface area contributed by atoms with Gasteiger partial charge in [0.05, 0.1) is 6.42 Å². The van der Waals surface area contributed by atoms with Crippen LogP contribution >= 0.6 is 0 Å². The summed E-state index contributed by atoms with van der Waals surface area (Å²) in [7, 11) is 0. The highest BCUT2D eigenvalue weighted by atomic mass is 16.4. The van der Waals surface area contributed by atoms with Crippen LogP contribution in [0.5, 0.6) is 0 Å². The Morgan fingerprint density at radius 2 is 1.89 bits per heavy atom. The Hall–Kier alpha value is -2.37. The molecule has 1 aliphatic carbocycles. The van der Waals surface area contributed by atoms with E-state index in [0.29, 0.717) is 19.4 Å². The molecule has 0 saturated heterocycles. The lowest BCUT2D eigenvalue weighted by atomic mass is 9.69. The third-order valence-corrected chi connectivity index (χ3v) is 5.99. The first-order valence-electron chi connectivity index (χ1n) is 10.4. The summed E-state index contributed by atoms with van der Waals surface area (Å²) >= 11 is 0. The molecule has 1 fully saturated rings. The lowest BCUT2D eigenvalue weighted by Gasteiger charge is -2.35. The molecule has 2 N–H and O–H groups in total. The van der Waals surface area contributed by atoms with Gasteiger partial charge in [-0.25, -0.2) is 0 Å². The van der Waals surface area contributed by atoms with E-state index in [0.717, 1.165) is 55.5 Å². The number of rotatable bonds is 7. The fourth-order valence-electron chi connectivity index (χ4n) is 4.69. The number of nitrogens with zero attached hydrogens (tertiary/aromatic N) is 1. The fraction of sp³-hybridized carbons (Fsp3) is 0.591. The molecule has 0 radical (unpaired) electrons. The van der Waals surface area contributed by atoms with E-state index < -0.39 is 11.4 Å². The van der Waals surface area contributed by atoms with Crippen molar-refractivity contribution < 1.29 is 19.5 Å². The number of amides is 2. The Kier molecular flexibility index (Phi) is 6.37. The van der Waals surface area contributed by atoms with E-state index in [1.54, 1.807) is 0 Å². The quantitative estimate of drug-likeness (QED) is 0.738. The molecule has 2 aliphatic rings. The second-order valence-corrected chi connectivity index (χ2v) is 8.24. The monoisotopic (exact) mass is 386 g/mol. The molecule has 2 amide bonds. The SMILES string of the molecule is CCCN1C(=O)CCc2cc(NC(=O)CC3(CC(=O)O)CCCCC3)ccc21. The molecular formula is C22H30N2O4. The zero-order valence-corrected chi connectivity index (χ0v) is 16.6. The molecule has 1 heterocycles. The third-order valence-electron chi connectivity index (χ3n) is 5.99. The molecule has 6 heteroatoms. The second kappa shape index (κ2) is 8.76. The van der Waals surface area contributed by atoms with E-state index in [9.17, 15) is 19.5 Å². The highest BCUT2D eigenvalue weighted by Crippen LogP contribution is 2.42. The van der Waals surface area contributed by atoms with Crippen LogP contribution in [0.3, 0.4) is 0 Å². The number of benzene rings is 1. The lowest BCUT2D eigenvalue weighted by Crippen LogP contribution is -2.35. The van der Waals surface area contributed by atoms with E-state index in [-0.39, 0.29) is 24.7 Å². The van der Waals surface area contributed by atoms with Gasteiger partial charge in [0.2, 0.25) is 11.8 Å². The van der Waals surface area contributed by atoms with Gasteiger partial charge in [-0.3, -0.25) is 14.4 Å². The average molecular weight is 386 g/mol. The Labute approximate surface area is 166 Å². The van der Waals surface area contributed by atoms with Crippen molar-refractivity contribution in [1.29, 1.82) is 0 Å². The first kappa shape index (κ1) is 20.4. The molecular weight excluding hydrogens is 356 g/mol. The van der Waals surface area contributed by atoms with Crippen LogP contribution in [0.15, 0.2) is 18.2 Å². The van der Waals surface area contributed by atoms with Crippen LogP contribution in [-0.2, 0) is 20.8 Å². The van der Waals surface area contributed by atoms with Crippen LogP contribution < -0.4 is 10.2 Å². The molecule has 1 aliphatic heterocycles. The molecule has 1 saturated carbocycles. The number of carboxylic acid groups (broad SMARTS) is 1. The maximum atomic E-state index is 12.7. The molecule has 1 aromatic carbocycles. The highest BCUT2D eigenvalue weighted by molar-refractivity contribution is 5.97. The minimum Gasteiger partial charge on any atom is -0.481 e. The number of carboxylic acids is 1. The number of fused-ring (bicyclic) bond motifs is 1. The smallest absolute Gasteiger partial charge is 0.303 e. The molecule has 1 aromatic rings. The lowest BCUT2D eigenvalue weighted by molar-refractivity contribution is -0.141. The van der Waals surface area contributed by atoms with Crippen LogP contribution in [0.25, 0.3) is 0 Å². The van der Waals surface area contributed by atoms with Crippen LogP contribution in [0.2, 0.25) is 0 Å². The molecule has 0 atom stereocenters. The summed E-state index contributed by atoms with van der Waals surface area (Å²) in [5, 5.41) is 12.3. The average Bonchev–Trinajstić information content (AvgIpc) is 2.64. The van der Waals surface area contributed by atoms with Gasteiger partial charge in [0.1, 0.15) is 0 Å². The van der Waals surface area contributed by atoms with Gasteiger partial charge < -0.3 is 15.3 Å².